The summed E-state index contributed by atoms with van der Waals surface area (Å²) in [7, 11) is 0. The van der Waals surface area contributed by atoms with E-state index in [0.717, 1.165) is 9.08 Å². The number of rotatable bonds is 0. The van der Waals surface area contributed by atoms with Crippen LogP contribution < -0.4 is 4.48 Å². The summed E-state index contributed by atoms with van der Waals surface area (Å²) in [5.41, 5.74) is 0. The van der Waals surface area contributed by atoms with Crippen LogP contribution in [0.15, 0.2) is 22.8 Å². The van der Waals surface area contributed by atoms with Crippen molar-refractivity contribution in [3.05, 3.63) is 22.8 Å². The predicted molar refractivity (Wildman–Crippen MR) is 37.3 cm³/mol. The summed E-state index contributed by atoms with van der Waals surface area (Å²) in [5, 5.41) is 0. The van der Waals surface area contributed by atoms with Gasteiger partial charge in [-0.2, -0.15) is 0 Å². The van der Waals surface area contributed by atoms with Gasteiger partial charge < -0.3 is 0 Å². The molecule has 3 heteroatoms. The van der Waals surface area contributed by atoms with Crippen LogP contribution in [0.3, 0.4) is 0 Å². The number of hydrogen-bond acceptors (Lipinski definition) is 1. The monoisotopic (exact) mass is 231 g/mol. The van der Waals surface area contributed by atoms with Crippen molar-refractivity contribution in [3.8, 4) is 0 Å². The summed E-state index contributed by atoms with van der Waals surface area (Å²) in [6.07, 6.45) is 0. The normalized spacial score (nSPS) is 9.25. The zero-order valence-corrected chi connectivity index (χ0v) is 7.47. The second-order valence-corrected chi connectivity index (χ2v) is 3.09. The molecule has 0 aliphatic carbocycles. The molecular formula is C5H3AsBrN. The molecule has 0 saturated heterocycles. The molecule has 1 nitrogen and oxygen atoms in total. The molecule has 0 amide bonds. The van der Waals surface area contributed by atoms with Crippen LogP contribution in [0.4, 0.5) is 0 Å². The molecule has 0 fully saturated rings. The summed E-state index contributed by atoms with van der Waals surface area (Å²) < 4.78 is 1.86. The topological polar surface area (TPSA) is 12.9 Å². The van der Waals surface area contributed by atoms with Crippen LogP contribution in [0.2, 0.25) is 0 Å². The zero-order chi connectivity index (χ0) is 5.98. The second kappa shape index (κ2) is 2.65. The molecular weight excluding hydrogens is 229 g/mol. The van der Waals surface area contributed by atoms with Crippen LogP contribution in [0.25, 0.3) is 0 Å². The molecule has 1 heterocycles. The predicted octanol–water partition coefficient (Wildman–Crippen LogP) is 0.638. The molecule has 0 spiro atoms. The van der Waals surface area contributed by atoms with E-state index in [0.29, 0.717) is 0 Å². The van der Waals surface area contributed by atoms with E-state index < -0.39 is 0 Å². The fourth-order valence-corrected chi connectivity index (χ4v) is 1.45. The van der Waals surface area contributed by atoms with Crippen molar-refractivity contribution >= 4 is 37.3 Å². The van der Waals surface area contributed by atoms with Crippen molar-refractivity contribution in [2.75, 3.05) is 0 Å². The average Bonchev–Trinajstić information content (AvgIpc) is 1.64. The Labute approximate surface area is 65.1 Å². The van der Waals surface area contributed by atoms with Gasteiger partial charge in [0, 0.05) is 0 Å². The molecule has 0 bridgehead atoms. The molecule has 0 atom stereocenters. The van der Waals surface area contributed by atoms with Crippen molar-refractivity contribution in [2.45, 2.75) is 0 Å². The van der Waals surface area contributed by atoms with E-state index in [2.05, 4.69) is 37.8 Å². The van der Waals surface area contributed by atoms with E-state index >= 15 is 0 Å². The second-order valence-electron chi connectivity index (χ2n) is 1.32. The summed E-state index contributed by atoms with van der Waals surface area (Å²) in [6.45, 7) is 0. The Hall–Kier alpha value is 0.188. The standard InChI is InChI=1S/C5H3AsBrN/c6-4-2-1-3-5(7)8-4/h1-3H. The number of aromatic nitrogens is 1. The molecule has 8 heavy (non-hydrogen) atoms. The fourth-order valence-electron chi connectivity index (χ4n) is 0.398. The van der Waals surface area contributed by atoms with Gasteiger partial charge in [0.2, 0.25) is 0 Å². The van der Waals surface area contributed by atoms with Crippen molar-refractivity contribution in [3.63, 3.8) is 0 Å². The maximum absolute atomic E-state index is 4.06. The SMILES string of the molecule is [As]c1cccc(Br)n1. The maximum atomic E-state index is 4.06. The number of nitrogens with zero attached hydrogens (tertiary/aromatic N) is 1. The Kier molecular flexibility index (Phi) is 2.09. The van der Waals surface area contributed by atoms with Crippen LogP contribution in [-0.2, 0) is 0 Å². The number of hydrogen-bond donors (Lipinski definition) is 0. The first-order valence-electron chi connectivity index (χ1n) is 2.10. The molecule has 0 N–H and O–H groups in total. The Morgan fingerprint density at radius 3 is 2.62 bits per heavy atom. The molecule has 1 rings (SSSR count). The van der Waals surface area contributed by atoms with Gasteiger partial charge >= 0.3 is 65.1 Å². The van der Waals surface area contributed by atoms with Gasteiger partial charge in [0.05, 0.1) is 0 Å². The van der Waals surface area contributed by atoms with E-state index in [1.807, 2.05) is 18.2 Å². The molecule has 0 unspecified atom stereocenters. The van der Waals surface area contributed by atoms with Crippen molar-refractivity contribution < 1.29 is 0 Å². The van der Waals surface area contributed by atoms with Crippen LogP contribution in [0.1, 0.15) is 0 Å². The van der Waals surface area contributed by atoms with Gasteiger partial charge in [-0.3, -0.25) is 0 Å². The van der Waals surface area contributed by atoms with Crippen LogP contribution in [-0.4, -0.2) is 21.8 Å². The van der Waals surface area contributed by atoms with Crippen molar-refractivity contribution in [2.24, 2.45) is 0 Å². The summed E-state index contributed by atoms with van der Waals surface area (Å²) in [5.74, 6) is 0. The van der Waals surface area contributed by atoms with Gasteiger partial charge in [0.25, 0.3) is 0 Å². The molecule has 1 aromatic rings. The molecule has 40 valence electrons. The van der Waals surface area contributed by atoms with Gasteiger partial charge in [-0.1, -0.05) is 0 Å². The van der Waals surface area contributed by atoms with Gasteiger partial charge in [0.15, 0.2) is 0 Å². The molecule has 1 aromatic heterocycles. The summed E-state index contributed by atoms with van der Waals surface area (Å²) in [4.78, 5) is 4.06. The third-order valence-electron chi connectivity index (χ3n) is 0.700. The minimum atomic E-state index is 0.885. The first-order valence-corrected chi connectivity index (χ1v) is 3.84. The van der Waals surface area contributed by atoms with E-state index in [1.165, 1.54) is 0 Å². The fraction of sp³-hybridized carbons (Fsp3) is 0. The van der Waals surface area contributed by atoms with Gasteiger partial charge in [-0.25, -0.2) is 0 Å². The Morgan fingerprint density at radius 2 is 2.25 bits per heavy atom. The average molecular weight is 232 g/mol. The Bertz CT molecular complexity index is 172. The van der Waals surface area contributed by atoms with E-state index in [-0.39, 0.29) is 0 Å². The summed E-state index contributed by atoms with van der Waals surface area (Å²) in [6, 6.07) is 5.78. The minimum absolute atomic E-state index is 0.885. The Balaban J connectivity index is 3.08. The molecule has 2 radical (unpaired) electrons. The van der Waals surface area contributed by atoms with Crippen molar-refractivity contribution in [1.29, 1.82) is 0 Å². The first kappa shape index (κ1) is 6.31. The third-order valence-corrected chi connectivity index (χ3v) is 1.66. The van der Waals surface area contributed by atoms with E-state index in [9.17, 15) is 0 Å². The van der Waals surface area contributed by atoms with Gasteiger partial charge in [-0.05, 0) is 0 Å². The van der Waals surface area contributed by atoms with E-state index in [4.69, 9.17) is 0 Å². The van der Waals surface area contributed by atoms with E-state index in [1.54, 1.807) is 0 Å². The van der Waals surface area contributed by atoms with Gasteiger partial charge in [-0.15, -0.1) is 0 Å². The molecule has 0 aromatic carbocycles. The van der Waals surface area contributed by atoms with Crippen LogP contribution in [0, 0.1) is 0 Å². The summed E-state index contributed by atoms with van der Waals surface area (Å²) >= 11 is 5.62. The zero-order valence-electron chi connectivity index (χ0n) is 4.00. The third kappa shape index (κ3) is 1.60. The van der Waals surface area contributed by atoms with Crippen LogP contribution in [0.5, 0.6) is 0 Å². The van der Waals surface area contributed by atoms with Crippen molar-refractivity contribution in [1.82, 2.24) is 4.98 Å². The Morgan fingerprint density at radius 1 is 1.50 bits per heavy atom. The molecule has 0 aliphatic rings. The number of pyridine rings is 1. The molecule has 0 aliphatic heterocycles. The van der Waals surface area contributed by atoms with Crippen LogP contribution >= 0.6 is 15.9 Å². The van der Waals surface area contributed by atoms with Gasteiger partial charge in [0.1, 0.15) is 0 Å². The first-order chi connectivity index (χ1) is 3.79. The quantitative estimate of drug-likeness (QED) is 0.472. The number of halogens is 1. The molecule has 0 saturated carbocycles.